The summed E-state index contributed by atoms with van der Waals surface area (Å²) in [7, 11) is 0. The Morgan fingerprint density at radius 1 is 0.971 bits per heavy atom. The second kappa shape index (κ2) is 11.0. The Morgan fingerprint density at radius 2 is 1.74 bits per heavy atom. The van der Waals surface area contributed by atoms with Crippen LogP contribution in [0.25, 0.3) is 5.69 Å². The molecule has 0 saturated heterocycles. The molecule has 34 heavy (non-hydrogen) atoms. The lowest BCUT2D eigenvalue weighted by Gasteiger charge is -2.13. The van der Waals surface area contributed by atoms with E-state index in [1.54, 1.807) is 30.0 Å². The number of anilines is 1. The highest BCUT2D eigenvalue weighted by Gasteiger charge is 2.16. The van der Waals surface area contributed by atoms with Gasteiger partial charge < -0.3 is 10.6 Å². The van der Waals surface area contributed by atoms with E-state index in [2.05, 4.69) is 39.9 Å². The number of hydrogen-bond acceptors (Lipinski definition) is 4. The molecule has 0 aliphatic carbocycles. The van der Waals surface area contributed by atoms with Crippen LogP contribution in [0.2, 0.25) is 10.0 Å². The summed E-state index contributed by atoms with van der Waals surface area (Å²) in [6.45, 7) is 4.31. The molecule has 2 amide bonds. The van der Waals surface area contributed by atoms with Crippen LogP contribution in [0.15, 0.2) is 71.9 Å². The van der Waals surface area contributed by atoms with Crippen LogP contribution in [0, 0.1) is 13.8 Å². The first kappa shape index (κ1) is 24.1. The molecule has 0 saturated carbocycles. The lowest BCUT2D eigenvalue weighted by molar-refractivity contribution is 0.251. The molecule has 0 unspecified atom stereocenters. The van der Waals surface area contributed by atoms with Gasteiger partial charge in [0.1, 0.15) is 0 Å². The molecule has 0 atom stereocenters. The fourth-order valence-electron chi connectivity index (χ4n) is 3.30. The number of amides is 2. The van der Waals surface area contributed by atoms with Crippen molar-refractivity contribution in [3.8, 4) is 5.69 Å². The SMILES string of the molecule is Cc1ccc(-n2c(CNC(=O)Nc3cccc(Cl)c3Cl)nnc2SCc2ccccc2C)cc1. The Morgan fingerprint density at radius 3 is 2.50 bits per heavy atom. The Labute approximate surface area is 212 Å². The van der Waals surface area contributed by atoms with Crippen LogP contribution in [-0.4, -0.2) is 20.8 Å². The van der Waals surface area contributed by atoms with Crippen molar-refractivity contribution < 1.29 is 4.79 Å². The zero-order chi connectivity index (χ0) is 24.1. The molecule has 4 rings (SSSR count). The highest BCUT2D eigenvalue weighted by atomic mass is 35.5. The van der Waals surface area contributed by atoms with Gasteiger partial charge in [0, 0.05) is 11.4 Å². The Balaban J connectivity index is 1.53. The first-order valence-corrected chi connectivity index (χ1v) is 12.3. The van der Waals surface area contributed by atoms with Gasteiger partial charge in [-0.05, 0) is 49.2 Å². The van der Waals surface area contributed by atoms with Crippen LogP contribution in [0.1, 0.15) is 22.5 Å². The second-order valence-corrected chi connectivity index (χ2v) is 9.42. The van der Waals surface area contributed by atoms with Crippen molar-refractivity contribution in [2.24, 2.45) is 0 Å². The molecular formula is C25H23Cl2N5OS. The number of halogens is 2. The number of hydrogen-bond donors (Lipinski definition) is 2. The second-order valence-electron chi connectivity index (χ2n) is 7.69. The molecule has 0 radical (unpaired) electrons. The summed E-state index contributed by atoms with van der Waals surface area (Å²) >= 11 is 13.8. The van der Waals surface area contributed by atoms with Gasteiger partial charge in [-0.2, -0.15) is 0 Å². The maximum absolute atomic E-state index is 12.5. The average molecular weight is 512 g/mol. The molecule has 174 valence electrons. The zero-order valence-corrected chi connectivity index (χ0v) is 21.0. The summed E-state index contributed by atoms with van der Waals surface area (Å²) in [5.41, 5.74) is 4.99. The van der Waals surface area contributed by atoms with E-state index in [1.165, 1.54) is 11.1 Å². The van der Waals surface area contributed by atoms with Crippen LogP contribution < -0.4 is 10.6 Å². The molecule has 4 aromatic rings. The van der Waals surface area contributed by atoms with Gasteiger partial charge in [-0.15, -0.1) is 10.2 Å². The van der Waals surface area contributed by atoms with E-state index in [9.17, 15) is 4.79 Å². The number of thioether (sulfide) groups is 1. The van der Waals surface area contributed by atoms with Crippen molar-refractivity contribution in [3.63, 3.8) is 0 Å². The van der Waals surface area contributed by atoms with Crippen LogP contribution in [0.3, 0.4) is 0 Å². The minimum absolute atomic E-state index is 0.176. The molecule has 2 N–H and O–H groups in total. The third-order valence-corrected chi connectivity index (χ3v) is 7.01. The standard InChI is InChI=1S/C25H23Cl2N5OS/c1-16-10-12-19(13-11-16)32-22(14-28-24(33)29-21-9-5-8-20(26)23(21)27)30-31-25(32)34-15-18-7-4-3-6-17(18)2/h3-13H,14-15H2,1-2H3,(H2,28,29,33). The normalized spacial score (nSPS) is 10.8. The number of benzene rings is 3. The molecule has 0 bridgehead atoms. The van der Waals surface area contributed by atoms with Gasteiger partial charge in [0.2, 0.25) is 0 Å². The highest BCUT2D eigenvalue weighted by Crippen LogP contribution is 2.30. The number of nitrogens with one attached hydrogen (secondary N) is 2. The van der Waals surface area contributed by atoms with E-state index in [1.807, 2.05) is 47.9 Å². The minimum Gasteiger partial charge on any atom is -0.331 e. The zero-order valence-electron chi connectivity index (χ0n) is 18.7. The van der Waals surface area contributed by atoms with Gasteiger partial charge in [-0.25, -0.2) is 4.79 Å². The molecule has 6 nitrogen and oxygen atoms in total. The maximum Gasteiger partial charge on any atom is 0.319 e. The van der Waals surface area contributed by atoms with Gasteiger partial charge >= 0.3 is 6.03 Å². The summed E-state index contributed by atoms with van der Waals surface area (Å²) in [6, 6.07) is 21.0. The minimum atomic E-state index is -0.420. The molecule has 1 heterocycles. The van der Waals surface area contributed by atoms with Crippen LogP contribution >= 0.6 is 35.0 Å². The molecule has 0 spiro atoms. The average Bonchev–Trinajstić information content (AvgIpc) is 3.23. The van der Waals surface area contributed by atoms with E-state index < -0.39 is 6.03 Å². The number of nitrogens with zero attached hydrogens (tertiary/aromatic N) is 3. The van der Waals surface area contributed by atoms with Crippen LogP contribution in [-0.2, 0) is 12.3 Å². The van der Waals surface area contributed by atoms with Gasteiger partial charge in [-0.1, -0.05) is 83.0 Å². The molecule has 0 aliphatic rings. The Kier molecular flexibility index (Phi) is 7.77. The monoisotopic (exact) mass is 511 g/mol. The smallest absolute Gasteiger partial charge is 0.319 e. The van der Waals surface area contributed by atoms with Crippen molar-refractivity contribution in [3.05, 3.63) is 99.3 Å². The lowest BCUT2D eigenvalue weighted by Crippen LogP contribution is -2.29. The van der Waals surface area contributed by atoms with E-state index >= 15 is 0 Å². The summed E-state index contributed by atoms with van der Waals surface area (Å²) < 4.78 is 1.97. The number of urea groups is 1. The summed E-state index contributed by atoms with van der Waals surface area (Å²) in [5.74, 6) is 1.38. The lowest BCUT2D eigenvalue weighted by atomic mass is 10.1. The van der Waals surface area contributed by atoms with Gasteiger partial charge in [0.25, 0.3) is 0 Å². The number of aryl methyl sites for hydroxylation is 2. The number of carbonyl (C=O) groups excluding carboxylic acids is 1. The predicted octanol–water partition coefficient (Wildman–Crippen LogP) is 6.80. The molecule has 1 aromatic heterocycles. The first-order valence-electron chi connectivity index (χ1n) is 10.6. The predicted molar refractivity (Wildman–Crippen MR) is 139 cm³/mol. The van der Waals surface area contributed by atoms with Gasteiger partial charge in [0.15, 0.2) is 11.0 Å². The van der Waals surface area contributed by atoms with Crippen LogP contribution in [0.4, 0.5) is 10.5 Å². The van der Waals surface area contributed by atoms with E-state index in [0.717, 1.165) is 22.2 Å². The largest absolute Gasteiger partial charge is 0.331 e. The number of rotatable bonds is 7. The number of aromatic nitrogens is 3. The Bertz CT molecular complexity index is 1310. The maximum atomic E-state index is 12.5. The fraction of sp³-hybridized carbons (Fsp3) is 0.160. The summed E-state index contributed by atoms with van der Waals surface area (Å²) in [6.07, 6.45) is 0. The van der Waals surface area contributed by atoms with E-state index in [0.29, 0.717) is 16.5 Å². The molecular weight excluding hydrogens is 489 g/mol. The first-order chi connectivity index (χ1) is 16.4. The summed E-state index contributed by atoms with van der Waals surface area (Å²) in [4.78, 5) is 12.5. The molecule has 9 heteroatoms. The van der Waals surface area contributed by atoms with Crippen molar-refractivity contribution in [2.45, 2.75) is 31.3 Å². The van der Waals surface area contributed by atoms with E-state index in [-0.39, 0.29) is 11.6 Å². The third kappa shape index (κ3) is 5.73. The quantitative estimate of drug-likeness (QED) is 0.267. The van der Waals surface area contributed by atoms with Crippen LogP contribution in [0.5, 0.6) is 0 Å². The highest BCUT2D eigenvalue weighted by molar-refractivity contribution is 7.98. The Hall–Kier alpha value is -3.00. The van der Waals surface area contributed by atoms with Crippen molar-refractivity contribution in [1.29, 1.82) is 0 Å². The summed E-state index contributed by atoms with van der Waals surface area (Å²) in [5, 5.41) is 15.7. The third-order valence-electron chi connectivity index (χ3n) is 5.22. The van der Waals surface area contributed by atoms with Crippen molar-refractivity contribution >= 4 is 46.7 Å². The molecule has 0 fully saturated rings. The molecule has 3 aromatic carbocycles. The van der Waals surface area contributed by atoms with Crippen molar-refractivity contribution in [2.75, 3.05) is 5.32 Å². The fourth-order valence-corrected chi connectivity index (χ4v) is 4.70. The van der Waals surface area contributed by atoms with Gasteiger partial charge in [-0.3, -0.25) is 4.57 Å². The topological polar surface area (TPSA) is 71.8 Å². The van der Waals surface area contributed by atoms with Crippen molar-refractivity contribution in [1.82, 2.24) is 20.1 Å². The van der Waals surface area contributed by atoms with E-state index in [4.69, 9.17) is 23.2 Å². The van der Waals surface area contributed by atoms with Gasteiger partial charge in [0.05, 0.1) is 22.3 Å². The molecule has 0 aliphatic heterocycles. The number of carbonyl (C=O) groups is 1.